The lowest BCUT2D eigenvalue weighted by Crippen LogP contribution is -2.20. The van der Waals surface area contributed by atoms with Gasteiger partial charge in [-0.1, -0.05) is 19.8 Å². The van der Waals surface area contributed by atoms with E-state index in [2.05, 4.69) is 23.4 Å². The van der Waals surface area contributed by atoms with Gasteiger partial charge in [-0.2, -0.15) is 0 Å². The zero-order valence-corrected chi connectivity index (χ0v) is 13.7. The summed E-state index contributed by atoms with van der Waals surface area (Å²) in [7, 11) is 0. The van der Waals surface area contributed by atoms with Crippen LogP contribution in [0.25, 0.3) is 11.2 Å². The first-order valence-electron chi connectivity index (χ1n) is 8.13. The molecule has 4 heteroatoms. The maximum absolute atomic E-state index is 6.14. The molecule has 0 atom stereocenters. The fourth-order valence-corrected chi connectivity index (χ4v) is 3.92. The minimum Gasteiger partial charge on any atom is -0.309 e. The van der Waals surface area contributed by atoms with E-state index in [0.717, 1.165) is 22.9 Å². The van der Waals surface area contributed by atoms with Gasteiger partial charge >= 0.3 is 0 Å². The molecule has 114 valence electrons. The summed E-state index contributed by atoms with van der Waals surface area (Å²) in [4.78, 5) is 9.31. The Bertz CT molecular complexity index is 612. The maximum atomic E-state index is 6.14. The third kappa shape index (κ3) is 2.80. The molecule has 0 radical (unpaired) electrons. The molecule has 3 rings (SSSR count). The summed E-state index contributed by atoms with van der Waals surface area (Å²) < 4.78 is 2.32. The predicted octanol–water partition coefficient (Wildman–Crippen LogP) is 5.01. The molecule has 2 aromatic heterocycles. The number of rotatable bonds is 4. The number of halogens is 1. The predicted molar refractivity (Wildman–Crippen MR) is 87.7 cm³/mol. The molecule has 0 N–H and O–H groups in total. The molecule has 21 heavy (non-hydrogen) atoms. The Hall–Kier alpha value is -1.09. The highest BCUT2D eigenvalue weighted by Crippen LogP contribution is 2.37. The normalized spacial score (nSPS) is 22.8. The van der Waals surface area contributed by atoms with Crippen molar-refractivity contribution in [2.24, 2.45) is 5.92 Å². The van der Waals surface area contributed by atoms with Gasteiger partial charge in [0.25, 0.3) is 0 Å². The van der Waals surface area contributed by atoms with Gasteiger partial charge in [0.15, 0.2) is 5.65 Å². The smallest absolute Gasteiger partial charge is 0.160 e. The van der Waals surface area contributed by atoms with E-state index in [1.807, 2.05) is 12.3 Å². The molecule has 0 spiro atoms. The number of hydrogen-bond acceptors (Lipinski definition) is 2. The molecule has 1 aliphatic rings. The van der Waals surface area contributed by atoms with Gasteiger partial charge in [0.1, 0.15) is 11.3 Å². The number of fused-ring (bicyclic) bond motifs is 1. The van der Waals surface area contributed by atoms with Crippen LogP contribution in [0.15, 0.2) is 12.3 Å². The van der Waals surface area contributed by atoms with Crippen LogP contribution in [0.1, 0.15) is 62.9 Å². The highest BCUT2D eigenvalue weighted by molar-refractivity contribution is 6.16. The van der Waals surface area contributed by atoms with Gasteiger partial charge in [-0.15, -0.1) is 11.6 Å². The number of nitrogens with zero attached hydrogens (tertiary/aromatic N) is 3. The highest BCUT2D eigenvalue weighted by Gasteiger charge is 2.25. The van der Waals surface area contributed by atoms with Crippen molar-refractivity contribution < 1.29 is 0 Å². The van der Waals surface area contributed by atoms with Crippen molar-refractivity contribution in [3.63, 3.8) is 0 Å². The van der Waals surface area contributed by atoms with Crippen LogP contribution in [0.3, 0.4) is 0 Å². The second-order valence-corrected chi connectivity index (χ2v) is 6.56. The zero-order valence-electron chi connectivity index (χ0n) is 13.0. The molecule has 1 fully saturated rings. The molecular formula is C17H24ClN3. The standard InChI is InChI=1S/C17H24ClN3/c1-3-4-13-5-7-14(8-6-13)21-15(11-18)20-16-12(2)9-10-19-17(16)21/h9-10,13-14H,3-8,11H2,1-2H3. The molecule has 0 saturated heterocycles. The van der Waals surface area contributed by atoms with Gasteiger partial charge in [0, 0.05) is 12.2 Å². The Morgan fingerprint density at radius 2 is 2.05 bits per heavy atom. The fourth-order valence-electron chi connectivity index (χ4n) is 3.73. The highest BCUT2D eigenvalue weighted by atomic mass is 35.5. The third-order valence-corrected chi connectivity index (χ3v) is 5.09. The zero-order chi connectivity index (χ0) is 14.8. The maximum Gasteiger partial charge on any atom is 0.160 e. The van der Waals surface area contributed by atoms with E-state index in [1.54, 1.807) is 0 Å². The first kappa shape index (κ1) is 14.8. The van der Waals surface area contributed by atoms with Crippen LogP contribution >= 0.6 is 11.6 Å². The second-order valence-electron chi connectivity index (χ2n) is 6.29. The van der Waals surface area contributed by atoms with Gasteiger partial charge in [-0.3, -0.25) is 0 Å². The number of hydrogen-bond donors (Lipinski definition) is 0. The van der Waals surface area contributed by atoms with Crippen LogP contribution in [0.2, 0.25) is 0 Å². The van der Waals surface area contributed by atoms with Crippen molar-refractivity contribution >= 4 is 22.8 Å². The molecule has 0 bridgehead atoms. The average Bonchev–Trinajstić information content (AvgIpc) is 2.88. The fraction of sp³-hybridized carbons (Fsp3) is 0.647. The minimum absolute atomic E-state index is 0.463. The SMILES string of the molecule is CCCC1CCC(n2c(CCl)nc3c(C)ccnc32)CC1. The van der Waals surface area contributed by atoms with Gasteiger partial charge < -0.3 is 4.57 Å². The summed E-state index contributed by atoms with van der Waals surface area (Å²) in [5.41, 5.74) is 3.22. The molecule has 1 saturated carbocycles. The lowest BCUT2D eigenvalue weighted by Gasteiger charge is -2.30. The van der Waals surface area contributed by atoms with Crippen LogP contribution in [0.4, 0.5) is 0 Å². The largest absolute Gasteiger partial charge is 0.309 e. The quantitative estimate of drug-likeness (QED) is 0.743. The molecule has 0 aromatic carbocycles. The van der Waals surface area contributed by atoms with Crippen molar-refractivity contribution in [3.05, 3.63) is 23.7 Å². The van der Waals surface area contributed by atoms with Gasteiger partial charge in [-0.25, -0.2) is 9.97 Å². The van der Waals surface area contributed by atoms with Crippen LogP contribution in [0, 0.1) is 12.8 Å². The van der Waals surface area contributed by atoms with Crippen LogP contribution < -0.4 is 0 Å². The van der Waals surface area contributed by atoms with Crippen molar-refractivity contribution in [1.29, 1.82) is 0 Å². The van der Waals surface area contributed by atoms with Gasteiger partial charge in [0.05, 0.1) is 5.88 Å². The van der Waals surface area contributed by atoms with Crippen LogP contribution in [-0.4, -0.2) is 14.5 Å². The summed E-state index contributed by atoms with van der Waals surface area (Å²) in [6.45, 7) is 4.38. The Labute approximate surface area is 131 Å². The number of alkyl halides is 1. The summed E-state index contributed by atoms with van der Waals surface area (Å²) in [5, 5.41) is 0. The molecule has 0 amide bonds. The molecule has 3 nitrogen and oxygen atoms in total. The number of aryl methyl sites for hydroxylation is 1. The second kappa shape index (κ2) is 6.35. The van der Waals surface area contributed by atoms with E-state index < -0.39 is 0 Å². The first-order valence-corrected chi connectivity index (χ1v) is 8.66. The lowest BCUT2D eigenvalue weighted by molar-refractivity contribution is 0.263. The van der Waals surface area contributed by atoms with Gasteiger partial charge in [-0.05, 0) is 50.2 Å². The van der Waals surface area contributed by atoms with Crippen molar-refractivity contribution in [2.45, 2.75) is 64.3 Å². The number of pyridine rings is 1. The molecule has 2 aromatic rings. The number of imidazole rings is 1. The number of aromatic nitrogens is 3. The Balaban J connectivity index is 1.91. The summed E-state index contributed by atoms with van der Waals surface area (Å²) in [6.07, 6.45) is 9.67. The summed E-state index contributed by atoms with van der Waals surface area (Å²) in [5.74, 6) is 2.35. The van der Waals surface area contributed by atoms with Crippen molar-refractivity contribution in [3.8, 4) is 0 Å². The van der Waals surface area contributed by atoms with Crippen LogP contribution in [0.5, 0.6) is 0 Å². The van der Waals surface area contributed by atoms with E-state index in [-0.39, 0.29) is 0 Å². The van der Waals surface area contributed by atoms with E-state index in [0.29, 0.717) is 11.9 Å². The molecule has 0 unspecified atom stereocenters. The Kier molecular flexibility index (Phi) is 4.48. The van der Waals surface area contributed by atoms with Gasteiger partial charge in [0.2, 0.25) is 0 Å². The van der Waals surface area contributed by atoms with E-state index in [4.69, 9.17) is 16.6 Å². The summed E-state index contributed by atoms with van der Waals surface area (Å²) in [6, 6.07) is 2.54. The van der Waals surface area contributed by atoms with E-state index in [1.165, 1.54) is 44.1 Å². The lowest BCUT2D eigenvalue weighted by atomic mass is 9.83. The van der Waals surface area contributed by atoms with Crippen LogP contribution in [-0.2, 0) is 5.88 Å². The summed E-state index contributed by atoms with van der Waals surface area (Å²) >= 11 is 6.14. The topological polar surface area (TPSA) is 30.7 Å². The molecule has 0 aliphatic heterocycles. The monoisotopic (exact) mass is 305 g/mol. The molecular weight excluding hydrogens is 282 g/mol. The van der Waals surface area contributed by atoms with Crippen molar-refractivity contribution in [1.82, 2.24) is 14.5 Å². The molecule has 1 aliphatic carbocycles. The van der Waals surface area contributed by atoms with E-state index >= 15 is 0 Å². The Morgan fingerprint density at radius 3 is 2.71 bits per heavy atom. The Morgan fingerprint density at radius 1 is 1.29 bits per heavy atom. The van der Waals surface area contributed by atoms with E-state index in [9.17, 15) is 0 Å². The third-order valence-electron chi connectivity index (χ3n) is 4.85. The first-order chi connectivity index (χ1) is 10.2. The molecule has 2 heterocycles. The minimum atomic E-state index is 0.463. The average molecular weight is 306 g/mol. The van der Waals surface area contributed by atoms with Crippen molar-refractivity contribution in [2.75, 3.05) is 0 Å².